The van der Waals surface area contributed by atoms with Crippen LogP contribution in [0.1, 0.15) is 40.8 Å². The van der Waals surface area contributed by atoms with Gasteiger partial charge in [0.05, 0.1) is 12.1 Å². The van der Waals surface area contributed by atoms with Gasteiger partial charge in [-0.15, -0.1) is 0 Å². The van der Waals surface area contributed by atoms with Crippen LogP contribution in [0.2, 0.25) is 0 Å². The number of aromatic nitrogens is 3. The highest BCUT2D eigenvalue weighted by Crippen LogP contribution is 2.38. The Morgan fingerprint density at radius 2 is 1.96 bits per heavy atom. The van der Waals surface area contributed by atoms with Crippen molar-refractivity contribution in [1.29, 1.82) is 0 Å². The SMILES string of the molecule is Cc1ccc([C@@H]2C[C@H](c3cccc(Br)c3)n3ncnc3N2)cc1C. The van der Waals surface area contributed by atoms with Crippen LogP contribution in [0.4, 0.5) is 5.95 Å². The summed E-state index contributed by atoms with van der Waals surface area (Å²) in [5, 5.41) is 7.96. The summed E-state index contributed by atoms with van der Waals surface area (Å²) in [6.07, 6.45) is 2.56. The number of benzene rings is 2. The zero-order valence-electron chi connectivity index (χ0n) is 13.7. The molecule has 0 amide bonds. The molecule has 4 nitrogen and oxygen atoms in total. The molecular formula is C19H19BrN4. The third-order valence-electron chi connectivity index (χ3n) is 4.80. The van der Waals surface area contributed by atoms with E-state index >= 15 is 0 Å². The Bertz CT molecular complexity index is 887. The molecule has 2 heterocycles. The van der Waals surface area contributed by atoms with Gasteiger partial charge in [-0.3, -0.25) is 0 Å². The van der Waals surface area contributed by atoms with Gasteiger partial charge in [0.25, 0.3) is 0 Å². The van der Waals surface area contributed by atoms with E-state index in [4.69, 9.17) is 0 Å². The molecule has 4 rings (SSSR count). The van der Waals surface area contributed by atoms with Crippen LogP contribution in [0.5, 0.6) is 0 Å². The van der Waals surface area contributed by atoms with Crippen molar-refractivity contribution in [2.45, 2.75) is 32.4 Å². The summed E-state index contributed by atoms with van der Waals surface area (Å²) >= 11 is 3.58. The van der Waals surface area contributed by atoms with Gasteiger partial charge in [0, 0.05) is 4.47 Å². The first kappa shape index (κ1) is 15.4. The average Bonchev–Trinajstić information content (AvgIpc) is 3.05. The minimum atomic E-state index is 0.174. The zero-order valence-corrected chi connectivity index (χ0v) is 15.3. The second-order valence-corrected chi connectivity index (χ2v) is 7.29. The maximum Gasteiger partial charge on any atom is 0.222 e. The summed E-state index contributed by atoms with van der Waals surface area (Å²) < 4.78 is 3.07. The molecule has 1 aliphatic heterocycles. The van der Waals surface area contributed by atoms with Gasteiger partial charge < -0.3 is 5.32 Å². The molecule has 1 aromatic heterocycles. The van der Waals surface area contributed by atoms with Gasteiger partial charge in [0.2, 0.25) is 5.95 Å². The molecule has 2 aromatic carbocycles. The number of anilines is 1. The van der Waals surface area contributed by atoms with Crippen molar-refractivity contribution in [3.63, 3.8) is 0 Å². The molecule has 0 bridgehead atoms. The fourth-order valence-electron chi connectivity index (χ4n) is 3.31. The molecule has 122 valence electrons. The molecule has 24 heavy (non-hydrogen) atoms. The summed E-state index contributed by atoms with van der Waals surface area (Å²) in [4.78, 5) is 4.40. The van der Waals surface area contributed by atoms with Crippen LogP contribution in [-0.4, -0.2) is 14.8 Å². The van der Waals surface area contributed by atoms with Crippen LogP contribution in [0.15, 0.2) is 53.3 Å². The quantitative estimate of drug-likeness (QED) is 0.691. The molecule has 0 saturated heterocycles. The first-order chi connectivity index (χ1) is 11.6. The Labute approximate surface area is 150 Å². The molecule has 0 unspecified atom stereocenters. The van der Waals surface area contributed by atoms with Gasteiger partial charge in [-0.2, -0.15) is 10.1 Å². The van der Waals surface area contributed by atoms with Crippen LogP contribution in [0, 0.1) is 13.8 Å². The smallest absolute Gasteiger partial charge is 0.222 e. The Balaban J connectivity index is 1.74. The molecule has 1 N–H and O–H groups in total. The highest BCUT2D eigenvalue weighted by atomic mass is 79.9. The van der Waals surface area contributed by atoms with Gasteiger partial charge in [0.1, 0.15) is 6.33 Å². The van der Waals surface area contributed by atoms with E-state index in [1.807, 2.05) is 10.7 Å². The lowest BCUT2D eigenvalue weighted by molar-refractivity contribution is 0.430. The van der Waals surface area contributed by atoms with E-state index in [2.05, 4.69) is 81.6 Å². The third-order valence-corrected chi connectivity index (χ3v) is 5.29. The van der Waals surface area contributed by atoms with Gasteiger partial charge in [-0.25, -0.2) is 4.68 Å². The highest BCUT2D eigenvalue weighted by molar-refractivity contribution is 9.10. The van der Waals surface area contributed by atoms with Crippen molar-refractivity contribution >= 4 is 21.9 Å². The predicted molar refractivity (Wildman–Crippen MR) is 99.2 cm³/mol. The van der Waals surface area contributed by atoms with Gasteiger partial charge in [0.15, 0.2) is 0 Å². The van der Waals surface area contributed by atoms with E-state index in [9.17, 15) is 0 Å². The van der Waals surface area contributed by atoms with Crippen LogP contribution in [-0.2, 0) is 0 Å². The third kappa shape index (κ3) is 2.73. The molecular weight excluding hydrogens is 364 g/mol. The van der Waals surface area contributed by atoms with Crippen LogP contribution >= 0.6 is 15.9 Å². The van der Waals surface area contributed by atoms with Crippen molar-refractivity contribution in [3.05, 3.63) is 75.5 Å². The van der Waals surface area contributed by atoms with Gasteiger partial charge in [-0.1, -0.05) is 46.3 Å². The largest absolute Gasteiger partial charge is 0.348 e. The van der Waals surface area contributed by atoms with Crippen molar-refractivity contribution < 1.29 is 0 Å². The summed E-state index contributed by atoms with van der Waals surface area (Å²) in [5.41, 5.74) is 5.18. The number of halogens is 1. The van der Waals surface area contributed by atoms with Crippen molar-refractivity contribution in [3.8, 4) is 0 Å². The maximum atomic E-state index is 4.43. The van der Waals surface area contributed by atoms with E-state index in [1.165, 1.54) is 22.3 Å². The summed E-state index contributed by atoms with van der Waals surface area (Å²) in [7, 11) is 0. The van der Waals surface area contributed by atoms with Crippen LogP contribution in [0.25, 0.3) is 0 Å². The minimum absolute atomic E-state index is 0.174. The molecule has 0 saturated carbocycles. The highest BCUT2D eigenvalue weighted by Gasteiger charge is 2.30. The van der Waals surface area contributed by atoms with E-state index < -0.39 is 0 Å². The molecule has 0 fully saturated rings. The molecule has 2 atom stereocenters. The molecule has 1 aliphatic rings. The van der Waals surface area contributed by atoms with Gasteiger partial charge >= 0.3 is 0 Å². The number of nitrogens with one attached hydrogen (secondary N) is 1. The second-order valence-electron chi connectivity index (χ2n) is 6.38. The number of nitrogens with zero attached hydrogens (tertiary/aromatic N) is 3. The Kier molecular flexibility index (Phi) is 3.88. The summed E-state index contributed by atoms with van der Waals surface area (Å²) in [6.45, 7) is 4.31. The van der Waals surface area contributed by atoms with E-state index in [-0.39, 0.29) is 12.1 Å². The topological polar surface area (TPSA) is 42.7 Å². The predicted octanol–water partition coefficient (Wildman–Crippen LogP) is 4.80. The van der Waals surface area contributed by atoms with Crippen molar-refractivity contribution in [1.82, 2.24) is 14.8 Å². The standard InChI is InChI=1S/C19H19BrN4/c1-12-6-7-14(8-13(12)2)17-10-18(15-4-3-5-16(20)9-15)24-19(23-17)21-11-22-24/h3-9,11,17-18H,10H2,1-2H3,(H,21,22,23)/t17-,18+/m0/s1. The van der Waals surface area contributed by atoms with E-state index in [0.29, 0.717) is 0 Å². The normalized spacial score (nSPS) is 19.6. The first-order valence-corrected chi connectivity index (χ1v) is 8.90. The Morgan fingerprint density at radius 3 is 2.75 bits per heavy atom. The number of aryl methyl sites for hydroxylation is 2. The fraction of sp³-hybridized carbons (Fsp3) is 0.263. The van der Waals surface area contributed by atoms with Crippen molar-refractivity contribution in [2.24, 2.45) is 0 Å². The number of hydrogen-bond acceptors (Lipinski definition) is 3. The molecule has 0 aliphatic carbocycles. The monoisotopic (exact) mass is 382 g/mol. The second kappa shape index (κ2) is 6.06. The summed E-state index contributed by atoms with van der Waals surface area (Å²) in [6, 6.07) is 15.5. The molecule has 3 aromatic rings. The van der Waals surface area contributed by atoms with E-state index in [0.717, 1.165) is 16.8 Å². The molecule has 0 radical (unpaired) electrons. The fourth-order valence-corrected chi connectivity index (χ4v) is 3.73. The number of hydrogen-bond donors (Lipinski definition) is 1. The number of fused-ring (bicyclic) bond motifs is 1. The minimum Gasteiger partial charge on any atom is -0.348 e. The summed E-state index contributed by atoms with van der Waals surface area (Å²) in [5.74, 6) is 0.828. The van der Waals surface area contributed by atoms with Crippen molar-refractivity contribution in [2.75, 3.05) is 5.32 Å². The molecule has 5 heteroatoms. The first-order valence-electron chi connectivity index (χ1n) is 8.10. The number of rotatable bonds is 2. The average molecular weight is 383 g/mol. The maximum absolute atomic E-state index is 4.43. The zero-order chi connectivity index (χ0) is 16.7. The van der Waals surface area contributed by atoms with E-state index in [1.54, 1.807) is 6.33 Å². The molecule has 0 spiro atoms. The Hall–Kier alpha value is -2.14. The lowest BCUT2D eigenvalue weighted by Gasteiger charge is -2.32. The Morgan fingerprint density at radius 1 is 1.08 bits per heavy atom. The van der Waals surface area contributed by atoms with Gasteiger partial charge in [-0.05, 0) is 54.7 Å². The van der Waals surface area contributed by atoms with Crippen LogP contribution in [0.3, 0.4) is 0 Å². The lowest BCUT2D eigenvalue weighted by Crippen LogP contribution is -2.28. The lowest BCUT2D eigenvalue weighted by atomic mass is 9.92. The van der Waals surface area contributed by atoms with Crippen LogP contribution < -0.4 is 5.32 Å².